The Morgan fingerprint density at radius 3 is 2.34 bits per heavy atom. The van der Waals surface area contributed by atoms with Crippen molar-refractivity contribution < 1.29 is 9.90 Å². The maximum Gasteiger partial charge on any atom is 0.317 e. The van der Waals surface area contributed by atoms with Crippen LogP contribution in [-0.4, -0.2) is 65.3 Å². The van der Waals surface area contributed by atoms with Gasteiger partial charge in [0.25, 0.3) is 0 Å². The van der Waals surface area contributed by atoms with E-state index < -0.39 is 0 Å². The fourth-order valence-electron chi connectivity index (χ4n) is 4.92. The molecule has 2 aliphatic rings. The van der Waals surface area contributed by atoms with Crippen LogP contribution < -0.4 is 5.32 Å². The third kappa shape index (κ3) is 4.98. The zero-order valence-electron chi connectivity index (χ0n) is 19.0. The van der Waals surface area contributed by atoms with Crippen molar-refractivity contribution in [2.45, 2.75) is 50.7 Å². The van der Waals surface area contributed by atoms with Crippen molar-refractivity contribution in [2.75, 3.05) is 26.2 Å². The minimum Gasteiger partial charge on any atom is -0.395 e. The lowest BCUT2D eigenvalue weighted by atomic mass is 9.74. The molecule has 5 nitrogen and oxygen atoms in total. The smallest absolute Gasteiger partial charge is 0.317 e. The molecule has 2 heterocycles. The Morgan fingerprint density at radius 1 is 1.03 bits per heavy atom. The van der Waals surface area contributed by atoms with Gasteiger partial charge in [0.1, 0.15) is 0 Å². The lowest BCUT2D eigenvalue weighted by Gasteiger charge is -2.57. The summed E-state index contributed by atoms with van der Waals surface area (Å²) in [5, 5.41) is 13.2. The molecule has 0 bridgehead atoms. The van der Waals surface area contributed by atoms with Crippen molar-refractivity contribution in [3.63, 3.8) is 0 Å². The SMILES string of the molecule is CC(C)NC(=O)N1CCCCN2[C@H](CO)[C@@H](c3ccc(C#Cc4ccccc4)cc3)[C@H]2C1. The van der Waals surface area contributed by atoms with Gasteiger partial charge in [0.05, 0.1) is 6.61 Å². The van der Waals surface area contributed by atoms with Crippen molar-refractivity contribution >= 4 is 6.03 Å². The number of fused-ring (bicyclic) bond motifs is 1. The molecule has 168 valence electrons. The Morgan fingerprint density at radius 2 is 1.69 bits per heavy atom. The van der Waals surface area contributed by atoms with E-state index >= 15 is 0 Å². The second kappa shape index (κ2) is 10.2. The van der Waals surface area contributed by atoms with Gasteiger partial charge in [-0.15, -0.1) is 0 Å². The summed E-state index contributed by atoms with van der Waals surface area (Å²) in [6.07, 6.45) is 2.03. The predicted octanol–water partition coefficient (Wildman–Crippen LogP) is 3.43. The molecule has 2 N–H and O–H groups in total. The van der Waals surface area contributed by atoms with E-state index in [0.29, 0.717) is 6.54 Å². The van der Waals surface area contributed by atoms with Crippen molar-refractivity contribution in [2.24, 2.45) is 0 Å². The fraction of sp³-hybridized carbons (Fsp3) is 0.444. The molecule has 0 aliphatic carbocycles. The van der Waals surface area contributed by atoms with Gasteiger partial charge in [0.15, 0.2) is 0 Å². The van der Waals surface area contributed by atoms with Crippen molar-refractivity contribution in [3.05, 3.63) is 71.3 Å². The van der Waals surface area contributed by atoms with Crippen molar-refractivity contribution in [1.82, 2.24) is 15.1 Å². The van der Waals surface area contributed by atoms with Crippen LogP contribution in [0.4, 0.5) is 4.79 Å². The summed E-state index contributed by atoms with van der Waals surface area (Å²) < 4.78 is 0. The third-order valence-corrected chi connectivity index (χ3v) is 6.49. The largest absolute Gasteiger partial charge is 0.395 e. The van der Waals surface area contributed by atoms with Crippen molar-refractivity contribution in [3.8, 4) is 11.8 Å². The van der Waals surface area contributed by atoms with Crippen LogP contribution >= 0.6 is 0 Å². The summed E-state index contributed by atoms with van der Waals surface area (Å²) in [7, 11) is 0. The van der Waals surface area contributed by atoms with Crippen LogP contribution in [-0.2, 0) is 0 Å². The fourth-order valence-corrected chi connectivity index (χ4v) is 4.92. The molecule has 4 rings (SSSR count). The highest BCUT2D eigenvalue weighted by atomic mass is 16.3. The topological polar surface area (TPSA) is 55.8 Å². The zero-order valence-corrected chi connectivity index (χ0v) is 19.0. The second-order valence-electron chi connectivity index (χ2n) is 9.08. The van der Waals surface area contributed by atoms with Crippen LogP contribution in [0.25, 0.3) is 0 Å². The van der Waals surface area contributed by atoms with Crippen molar-refractivity contribution in [1.29, 1.82) is 0 Å². The normalized spacial score (nSPS) is 23.2. The van der Waals surface area contributed by atoms with E-state index in [0.717, 1.165) is 37.1 Å². The van der Waals surface area contributed by atoms with Gasteiger partial charge in [0.2, 0.25) is 0 Å². The number of rotatable bonds is 3. The van der Waals surface area contributed by atoms with Gasteiger partial charge < -0.3 is 15.3 Å². The summed E-state index contributed by atoms with van der Waals surface area (Å²) >= 11 is 0. The number of carbonyl (C=O) groups is 1. The molecule has 2 aromatic carbocycles. The molecule has 2 aliphatic heterocycles. The van der Waals surface area contributed by atoms with E-state index in [1.165, 1.54) is 5.56 Å². The van der Waals surface area contributed by atoms with Gasteiger partial charge in [-0.3, -0.25) is 4.90 Å². The van der Waals surface area contributed by atoms with E-state index in [4.69, 9.17) is 0 Å². The minimum absolute atomic E-state index is 0.0135. The van der Waals surface area contributed by atoms with Crippen LogP contribution in [0.2, 0.25) is 0 Å². The van der Waals surface area contributed by atoms with Gasteiger partial charge in [0, 0.05) is 48.3 Å². The van der Waals surface area contributed by atoms with Crippen LogP contribution in [0.1, 0.15) is 49.3 Å². The van der Waals surface area contributed by atoms with E-state index in [-0.39, 0.29) is 36.7 Å². The molecule has 5 heteroatoms. The number of carbonyl (C=O) groups excluding carboxylic acids is 1. The standard InChI is InChI=1S/C27H33N3O2/c1-20(2)28-27(32)29-16-6-7-17-30-24(18-29)26(25(30)19-31)23-14-12-22(13-15-23)11-10-21-8-4-3-5-9-21/h3-5,8-9,12-15,20,24-26,31H,6-7,16-19H2,1-2H3,(H,28,32)/t24-,25-,26+/m1/s1. The Kier molecular flexibility index (Phi) is 7.14. The lowest BCUT2D eigenvalue weighted by molar-refractivity contribution is -0.0591. The number of aliphatic hydroxyl groups excluding tert-OH is 1. The van der Waals surface area contributed by atoms with Crippen LogP contribution in [0.15, 0.2) is 54.6 Å². The number of benzene rings is 2. The molecule has 2 aromatic rings. The first kappa shape index (κ1) is 22.4. The van der Waals surface area contributed by atoms with E-state index in [9.17, 15) is 9.90 Å². The molecule has 0 unspecified atom stereocenters. The molecular formula is C27H33N3O2. The molecule has 0 saturated carbocycles. The van der Waals surface area contributed by atoms with Crippen LogP contribution in [0.3, 0.4) is 0 Å². The second-order valence-corrected chi connectivity index (χ2v) is 9.08. The van der Waals surface area contributed by atoms with E-state index in [2.05, 4.69) is 46.3 Å². The molecule has 3 atom stereocenters. The Bertz CT molecular complexity index is 962. The first-order valence-corrected chi connectivity index (χ1v) is 11.7. The van der Waals surface area contributed by atoms with Gasteiger partial charge in [-0.25, -0.2) is 4.79 Å². The number of hydrogen-bond acceptors (Lipinski definition) is 3. The molecule has 0 aromatic heterocycles. The highest BCUT2D eigenvalue weighted by Crippen LogP contribution is 2.41. The first-order valence-electron chi connectivity index (χ1n) is 11.7. The maximum absolute atomic E-state index is 12.7. The zero-order chi connectivity index (χ0) is 22.5. The number of aliphatic hydroxyl groups is 1. The highest BCUT2D eigenvalue weighted by Gasteiger charge is 2.49. The predicted molar refractivity (Wildman–Crippen MR) is 127 cm³/mol. The number of amides is 2. The summed E-state index contributed by atoms with van der Waals surface area (Å²) in [5.74, 6) is 6.65. The number of nitrogens with zero attached hydrogens (tertiary/aromatic N) is 2. The Labute approximate surface area is 191 Å². The summed E-state index contributed by atoms with van der Waals surface area (Å²) in [5.41, 5.74) is 3.19. The minimum atomic E-state index is 0.0135. The summed E-state index contributed by atoms with van der Waals surface area (Å²) in [4.78, 5) is 17.1. The van der Waals surface area contributed by atoms with Gasteiger partial charge >= 0.3 is 6.03 Å². The van der Waals surface area contributed by atoms with Crippen LogP contribution in [0.5, 0.6) is 0 Å². The average Bonchev–Trinajstić information content (AvgIpc) is 2.77. The molecule has 2 saturated heterocycles. The Hall–Kier alpha value is -2.81. The maximum atomic E-state index is 12.7. The van der Waals surface area contributed by atoms with Gasteiger partial charge in [-0.2, -0.15) is 0 Å². The average molecular weight is 432 g/mol. The Balaban J connectivity index is 1.51. The number of nitrogens with one attached hydrogen (secondary N) is 1. The molecular weight excluding hydrogens is 398 g/mol. The van der Waals surface area contributed by atoms with Crippen LogP contribution in [0, 0.1) is 11.8 Å². The third-order valence-electron chi connectivity index (χ3n) is 6.49. The summed E-state index contributed by atoms with van der Waals surface area (Å²) in [6.45, 7) is 6.57. The molecule has 0 spiro atoms. The molecule has 2 amide bonds. The molecule has 2 fully saturated rings. The highest BCUT2D eigenvalue weighted by molar-refractivity contribution is 5.74. The molecule has 32 heavy (non-hydrogen) atoms. The quantitative estimate of drug-likeness (QED) is 0.732. The molecule has 0 radical (unpaired) electrons. The first-order chi connectivity index (χ1) is 15.6. The monoisotopic (exact) mass is 431 g/mol. The number of hydrogen-bond donors (Lipinski definition) is 2. The lowest BCUT2D eigenvalue weighted by Crippen LogP contribution is -2.68. The van der Waals surface area contributed by atoms with E-state index in [1.54, 1.807) is 0 Å². The van der Waals surface area contributed by atoms with Gasteiger partial charge in [-0.1, -0.05) is 42.2 Å². The van der Waals surface area contributed by atoms with Gasteiger partial charge in [-0.05, 0) is 63.1 Å². The van der Waals surface area contributed by atoms with E-state index in [1.807, 2.05) is 49.1 Å². The summed E-state index contributed by atoms with van der Waals surface area (Å²) in [6, 6.07) is 18.8. The number of urea groups is 1.